The normalized spacial score (nSPS) is 18.8. The summed E-state index contributed by atoms with van der Waals surface area (Å²) in [7, 11) is 0. The van der Waals surface area contributed by atoms with Crippen LogP contribution in [0.2, 0.25) is 0 Å². The molecule has 3 aromatic rings. The molecule has 2 saturated heterocycles. The number of likely N-dealkylation sites (tertiary alicyclic amines) is 1. The second-order valence-corrected chi connectivity index (χ2v) is 7.27. The van der Waals surface area contributed by atoms with Gasteiger partial charge < -0.3 is 9.80 Å². The van der Waals surface area contributed by atoms with E-state index in [9.17, 15) is 0 Å². The van der Waals surface area contributed by atoms with Crippen molar-refractivity contribution in [1.29, 1.82) is 0 Å². The number of rotatable bonds is 4. The zero-order valence-corrected chi connectivity index (χ0v) is 14.3. The minimum absolute atomic E-state index is 0.758. The Morgan fingerprint density at radius 3 is 2.56 bits per heavy atom. The van der Waals surface area contributed by atoms with Crippen molar-refractivity contribution in [3.05, 3.63) is 42.5 Å². The molecule has 3 heterocycles. The van der Waals surface area contributed by atoms with Crippen molar-refractivity contribution in [2.45, 2.75) is 12.8 Å². The fourth-order valence-electron chi connectivity index (χ4n) is 4.12. The highest BCUT2D eigenvalue weighted by Gasteiger charge is 2.31. The average Bonchev–Trinajstić information content (AvgIpc) is 3.29. The average molecular weight is 334 g/mol. The molecule has 5 heteroatoms. The second kappa shape index (κ2) is 6.15. The van der Waals surface area contributed by atoms with E-state index in [2.05, 4.69) is 56.5 Å². The predicted octanol–water partition coefficient (Wildman–Crippen LogP) is 3.42. The SMILES string of the molecule is c1ccc(-c2cc(N3CC(CN4CCCC4)C3)c3nonc3c2)cc1. The lowest BCUT2D eigenvalue weighted by Gasteiger charge is -2.42. The van der Waals surface area contributed by atoms with Crippen molar-refractivity contribution in [2.75, 3.05) is 37.6 Å². The molecule has 2 fully saturated rings. The smallest absolute Gasteiger partial charge is 0.158 e. The summed E-state index contributed by atoms with van der Waals surface area (Å²) in [5, 5.41) is 8.23. The maximum Gasteiger partial charge on any atom is 0.158 e. The molecule has 2 aliphatic rings. The molecule has 0 saturated carbocycles. The van der Waals surface area contributed by atoms with Gasteiger partial charge in [0.25, 0.3) is 0 Å². The van der Waals surface area contributed by atoms with Crippen molar-refractivity contribution in [3.63, 3.8) is 0 Å². The van der Waals surface area contributed by atoms with Crippen LogP contribution < -0.4 is 4.90 Å². The first-order valence-electron chi connectivity index (χ1n) is 9.16. The molecule has 2 aliphatic heterocycles. The molecule has 0 N–H and O–H groups in total. The molecular formula is C20H22N4O. The summed E-state index contributed by atoms with van der Waals surface area (Å²) >= 11 is 0. The van der Waals surface area contributed by atoms with Gasteiger partial charge in [-0.2, -0.15) is 0 Å². The van der Waals surface area contributed by atoms with Crippen molar-refractivity contribution in [2.24, 2.45) is 5.92 Å². The van der Waals surface area contributed by atoms with E-state index in [4.69, 9.17) is 4.63 Å². The van der Waals surface area contributed by atoms with E-state index < -0.39 is 0 Å². The Labute approximate surface area is 147 Å². The van der Waals surface area contributed by atoms with E-state index in [0.717, 1.165) is 35.7 Å². The van der Waals surface area contributed by atoms with E-state index in [1.54, 1.807) is 0 Å². The third-order valence-electron chi connectivity index (χ3n) is 5.46. The number of hydrogen-bond donors (Lipinski definition) is 0. The Kier molecular flexibility index (Phi) is 3.67. The van der Waals surface area contributed by atoms with Crippen molar-refractivity contribution >= 4 is 16.7 Å². The lowest BCUT2D eigenvalue weighted by Crippen LogP contribution is -2.51. The summed E-state index contributed by atoms with van der Waals surface area (Å²) in [6, 6.07) is 14.7. The van der Waals surface area contributed by atoms with Gasteiger partial charge in [-0.25, -0.2) is 4.63 Å². The first-order valence-corrected chi connectivity index (χ1v) is 9.16. The van der Waals surface area contributed by atoms with Gasteiger partial charge in [-0.1, -0.05) is 30.3 Å². The van der Waals surface area contributed by atoms with Crippen molar-refractivity contribution < 1.29 is 4.63 Å². The van der Waals surface area contributed by atoms with E-state index >= 15 is 0 Å². The van der Waals surface area contributed by atoms with Crippen LogP contribution in [0.3, 0.4) is 0 Å². The molecule has 0 amide bonds. The van der Waals surface area contributed by atoms with Gasteiger partial charge >= 0.3 is 0 Å². The van der Waals surface area contributed by atoms with Crippen LogP contribution in [-0.2, 0) is 0 Å². The molecule has 0 unspecified atom stereocenters. The van der Waals surface area contributed by atoms with Crippen LogP contribution >= 0.6 is 0 Å². The van der Waals surface area contributed by atoms with Crippen LogP contribution in [0.5, 0.6) is 0 Å². The minimum atomic E-state index is 0.758. The summed E-state index contributed by atoms with van der Waals surface area (Å²) in [4.78, 5) is 5.02. The summed E-state index contributed by atoms with van der Waals surface area (Å²) < 4.78 is 5.01. The van der Waals surface area contributed by atoms with E-state index in [-0.39, 0.29) is 0 Å². The van der Waals surface area contributed by atoms with Gasteiger partial charge in [-0.15, -0.1) is 0 Å². The highest BCUT2D eigenvalue weighted by molar-refractivity contribution is 5.93. The van der Waals surface area contributed by atoms with Crippen LogP contribution in [0.1, 0.15) is 12.8 Å². The van der Waals surface area contributed by atoms with Crippen LogP contribution in [0.25, 0.3) is 22.2 Å². The maximum absolute atomic E-state index is 5.01. The Morgan fingerprint density at radius 2 is 1.76 bits per heavy atom. The first kappa shape index (κ1) is 14.9. The van der Waals surface area contributed by atoms with Crippen LogP contribution in [0, 0.1) is 5.92 Å². The standard InChI is InChI=1S/C20H22N4O/c1-2-6-16(7-3-1)17-10-18-20(22-25-21-18)19(11-17)24-13-15(14-24)12-23-8-4-5-9-23/h1-3,6-7,10-11,15H,4-5,8-9,12-14H2. The van der Waals surface area contributed by atoms with Crippen molar-refractivity contribution in [3.8, 4) is 11.1 Å². The zero-order valence-electron chi connectivity index (χ0n) is 14.3. The quantitative estimate of drug-likeness (QED) is 0.731. The molecule has 0 aliphatic carbocycles. The lowest BCUT2D eigenvalue weighted by atomic mass is 9.96. The van der Waals surface area contributed by atoms with Gasteiger partial charge in [0.2, 0.25) is 0 Å². The number of benzene rings is 2. The van der Waals surface area contributed by atoms with Gasteiger partial charge in [0.05, 0.1) is 5.69 Å². The molecule has 1 aromatic heterocycles. The molecule has 0 bridgehead atoms. The maximum atomic E-state index is 5.01. The summed E-state index contributed by atoms with van der Waals surface area (Å²) in [5.74, 6) is 0.758. The summed E-state index contributed by atoms with van der Waals surface area (Å²) in [5.41, 5.74) is 5.22. The molecule has 25 heavy (non-hydrogen) atoms. The predicted molar refractivity (Wildman–Crippen MR) is 98.6 cm³/mol. The van der Waals surface area contributed by atoms with Gasteiger partial charge in [-0.3, -0.25) is 0 Å². The van der Waals surface area contributed by atoms with Gasteiger partial charge in [0.15, 0.2) is 5.52 Å². The Hall–Kier alpha value is -2.40. The number of anilines is 1. The Bertz CT molecular complexity index is 864. The summed E-state index contributed by atoms with van der Waals surface area (Å²) in [6.45, 7) is 5.97. The highest BCUT2D eigenvalue weighted by Crippen LogP contribution is 2.35. The molecule has 0 atom stereocenters. The third-order valence-corrected chi connectivity index (χ3v) is 5.46. The molecule has 5 rings (SSSR count). The van der Waals surface area contributed by atoms with Gasteiger partial charge in [0, 0.05) is 25.6 Å². The fraction of sp³-hybridized carbons (Fsp3) is 0.400. The molecular weight excluding hydrogens is 312 g/mol. The Balaban J connectivity index is 1.40. The monoisotopic (exact) mass is 334 g/mol. The molecule has 0 spiro atoms. The molecule has 0 radical (unpaired) electrons. The fourth-order valence-corrected chi connectivity index (χ4v) is 4.12. The molecule has 2 aromatic carbocycles. The summed E-state index contributed by atoms with van der Waals surface area (Å²) in [6.07, 6.45) is 2.72. The zero-order chi connectivity index (χ0) is 16.6. The highest BCUT2D eigenvalue weighted by atomic mass is 16.6. The lowest BCUT2D eigenvalue weighted by molar-refractivity contribution is 0.247. The minimum Gasteiger partial charge on any atom is -0.369 e. The largest absolute Gasteiger partial charge is 0.369 e. The van der Waals surface area contributed by atoms with Crippen LogP contribution in [0.15, 0.2) is 47.1 Å². The second-order valence-electron chi connectivity index (χ2n) is 7.27. The van der Waals surface area contributed by atoms with E-state index in [1.807, 2.05) is 6.07 Å². The number of fused-ring (bicyclic) bond motifs is 1. The van der Waals surface area contributed by atoms with Crippen molar-refractivity contribution in [1.82, 2.24) is 15.2 Å². The van der Waals surface area contributed by atoms with Gasteiger partial charge in [-0.05, 0) is 59.5 Å². The molecule has 128 valence electrons. The van der Waals surface area contributed by atoms with E-state index in [1.165, 1.54) is 43.6 Å². The van der Waals surface area contributed by atoms with Crippen LogP contribution in [-0.4, -0.2) is 47.9 Å². The third kappa shape index (κ3) is 2.78. The topological polar surface area (TPSA) is 45.4 Å². The van der Waals surface area contributed by atoms with Gasteiger partial charge in [0.1, 0.15) is 5.52 Å². The number of aromatic nitrogens is 2. The number of hydrogen-bond acceptors (Lipinski definition) is 5. The van der Waals surface area contributed by atoms with E-state index in [0.29, 0.717) is 0 Å². The molecule has 5 nitrogen and oxygen atoms in total. The van der Waals surface area contributed by atoms with Crippen LogP contribution in [0.4, 0.5) is 5.69 Å². The first-order chi connectivity index (χ1) is 12.4. The Morgan fingerprint density at radius 1 is 0.960 bits per heavy atom. The number of nitrogens with zero attached hydrogens (tertiary/aromatic N) is 4.